The third kappa shape index (κ3) is 4.07. The van der Waals surface area contributed by atoms with Crippen LogP contribution in [0.5, 0.6) is 11.5 Å². The van der Waals surface area contributed by atoms with Crippen molar-refractivity contribution in [3.05, 3.63) is 66.2 Å². The lowest BCUT2D eigenvalue weighted by Crippen LogP contribution is -2.43. The highest BCUT2D eigenvalue weighted by Gasteiger charge is 2.16. The number of anilines is 2. The number of ether oxygens (including phenoxy) is 1. The van der Waals surface area contributed by atoms with Crippen LogP contribution in [0, 0.1) is 0 Å². The quantitative estimate of drug-likeness (QED) is 0.358. The van der Waals surface area contributed by atoms with Crippen LogP contribution >= 0.6 is 0 Å². The molecule has 2 heterocycles. The molecule has 1 aliphatic rings. The maximum atomic E-state index is 10.5. The molecule has 4 aromatic rings. The molecule has 0 amide bonds. The van der Waals surface area contributed by atoms with Gasteiger partial charge in [0.15, 0.2) is 0 Å². The number of methoxy groups -OCH3 is 1. The second-order valence-corrected chi connectivity index (χ2v) is 8.43. The lowest BCUT2D eigenvalue weighted by molar-refractivity contribution is 0.147. The van der Waals surface area contributed by atoms with Gasteiger partial charge in [-0.3, -0.25) is 4.90 Å². The number of nitrogens with zero attached hydrogens (tertiary/aromatic N) is 3. The Morgan fingerprint density at radius 1 is 0.938 bits per heavy atom. The summed E-state index contributed by atoms with van der Waals surface area (Å²) in [5, 5.41) is 16.2. The minimum absolute atomic E-state index is 0.334. The summed E-state index contributed by atoms with van der Waals surface area (Å²) in [5.41, 5.74) is 4.69. The fraction of sp³-hybridized carbons (Fsp3) is 0.269. The van der Waals surface area contributed by atoms with E-state index in [-0.39, 0.29) is 0 Å². The van der Waals surface area contributed by atoms with E-state index in [1.54, 1.807) is 13.2 Å². The second-order valence-electron chi connectivity index (χ2n) is 8.43. The molecule has 0 aliphatic carbocycles. The highest BCUT2D eigenvalue weighted by Crippen LogP contribution is 2.36. The maximum absolute atomic E-state index is 10.5. The zero-order valence-corrected chi connectivity index (χ0v) is 18.5. The number of pyridine rings is 1. The van der Waals surface area contributed by atoms with Gasteiger partial charge in [-0.05, 0) is 49.5 Å². The van der Waals surface area contributed by atoms with E-state index in [2.05, 4.69) is 34.3 Å². The van der Waals surface area contributed by atoms with Crippen molar-refractivity contribution in [3.63, 3.8) is 0 Å². The smallest absolute Gasteiger partial charge is 0.120 e. The third-order valence-electron chi connectivity index (χ3n) is 6.23. The number of para-hydroxylation sites is 1. The van der Waals surface area contributed by atoms with Gasteiger partial charge in [0.25, 0.3) is 0 Å². The van der Waals surface area contributed by atoms with Gasteiger partial charge in [0, 0.05) is 54.7 Å². The van der Waals surface area contributed by atoms with Gasteiger partial charge in [-0.25, -0.2) is 4.98 Å². The molecule has 0 atom stereocenters. The molecule has 32 heavy (non-hydrogen) atoms. The summed E-state index contributed by atoms with van der Waals surface area (Å²) >= 11 is 0. The first-order valence-electron chi connectivity index (χ1n) is 11.0. The average molecular weight is 429 g/mol. The van der Waals surface area contributed by atoms with Crippen LogP contribution in [0.1, 0.15) is 5.56 Å². The number of likely N-dealkylation sites (N-methyl/N-ethyl adjacent to an activating group) is 1. The van der Waals surface area contributed by atoms with Gasteiger partial charge >= 0.3 is 0 Å². The first-order valence-corrected chi connectivity index (χ1v) is 11.0. The highest BCUT2D eigenvalue weighted by atomic mass is 16.5. The molecule has 2 N–H and O–H groups in total. The van der Waals surface area contributed by atoms with Crippen LogP contribution in [0.25, 0.3) is 21.8 Å². The van der Waals surface area contributed by atoms with Gasteiger partial charge in [0.2, 0.25) is 0 Å². The van der Waals surface area contributed by atoms with Gasteiger partial charge in [-0.15, -0.1) is 0 Å². The molecule has 1 fully saturated rings. The second kappa shape index (κ2) is 8.65. The summed E-state index contributed by atoms with van der Waals surface area (Å²) < 4.78 is 5.47. The van der Waals surface area contributed by atoms with Crippen LogP contribution in [0.3, 0.4) is 0 Å². The van der Waals surface area contributed by atoms with E-state index in [4.69, 9.17) is 9.72 Å². The molecule has 1 saturated heterocycles. The summed E-state index contributed by atoms with van der Waals surface area (Å²) in [6, 6.07) is 19.8. The SMILES string of the molecule is COc1ccc2nc3ccccc3c(Nc3ccc(O)c(CN4CCN(C)CC4)c3)c2c1. The van der Waals surface area contributed by atoms with E-state index in [9.17, 15) is 5.11 Å². The Hall–Kier alpha value is -3.35. The van der Waals surface area contributed by atoms with E-state index < -0.39 is 0 Å². The Bertz CT molecular complexity index is 1270. The van der Waals surface area contributed by atoms with Crippen LogP contribution in [-0.2, 0) is 6.54 Å². The Kier molecular flexibility index (Phi) is 5.55. The van der Waals surface area contributed by atoms with E-state index in [1.165, 1.54) is 0 Å². The highest BCUT2D eigenvalue weighted by molar-refractivity contribution is 6.09. The number of aromatic hydroxyl groups is 1. The van der Waals surface area contributed by atoms with Crippen molar-refractivity contribution in [1.82, 2.24) is 14.8 Å². The van der Waals surface area contributed by atoms with Crippen molar-refractivity contribution < 1.29 is 9.84 Å². The summed E-state index contributed by atoms with van der Waals surface area (Å²) in [5.74, 6) is 1.12. The minimum atomic E-state index is 0.334. The van der Waals surface area contributed by atoms with E-state index in [0.717, 1.165) is 77.2 Å². The predicted octanol–water partition coefficient (Wildman–Crippen LogP) is 4.59. The number of fused-ring (bicyclic) bond motifs is 2. The lowest BCUT2D eigenvalue weighted by atomic mass is 10.1. The Balaban J connectivity index is 1.53. The summed E-state index contributed by atoms with van der Waals surface area (Å²) in [6.45, 7) is 4.85. The van der Waals surface area contributed by atoms with Crippen molar-refractivity contribution in [2.75, 3.05) is 45.7 Å². The predicted molar refractivity (Wildman–Crippen MR) is 130 cm³/mol. The molecule has 5 rings (SSSR count). The van der Waals surface area contributed by atoms with Gasteiger partial charge < -0.3 is 20.1 Å². The first kappa shape index (κ1) is 20.5. The first-order chi connectivity index (χ1) is 15.6. The molecule has 0 bridgehead atoms. The molecule has 0 saturated carbocycles. The summed E-state index contributed by atoms with van der Waals surface area (Å²) in [4.78, 5) is 9.55. The monoisotopic (exact) mass is 428 g/mol. The molecular weight excluding hydrogens is 400 g/mol. The molecule has 0 spiro atoms. The molecular formula is C26H28N4O2. The fourth-order valence-electron chi connectivity index (χ4n) is 4.31. The average Bonchev–Trinajstić information content (AvgIpc) is 2.82. The fourth-order valence-corrected chi connectivity index (χ4v) is 4.31. The van der Waals surface area contributed by atoms with Crippen LogP contribution in [0.4, 0.5) is 11.4 Å². The lowest BCUT2D eigenvalue weighted by Gasteiger charge is -2.32. The Morgan fingerprint density at radius 2 is 1.72 bits per heavy atom. The Morgan fingerprint density at radius 3 is 2.53 bits per heavy atom. The van der Waals surface area contributed by atoms with Crippen molar-refractivity contribution in [2.24, 2.45) is 0 Å². The molecule has 1 aliphatic heterocycles. The van der Waals surface area contributed by atoms with Gasteiger partial charge in [-0.1, -0.05) is 18.2 Å². The van der Waals surface area contributed by atoms with Gasteiger partial charge in [0.05, 0.1) is 23.8 Å². The molecule has 0 radical (unpaired) electrons. The van der Waals surface area contributed by atoms with Crippen LogP contribution in [0.2, 0.25) is 0 Å². The zero-order valence-electron chi connectivity index (χ0n) is 18.5. The number of phenolic OH excluding ortho intramolecular Hbond substituents is 1. The molecule has 3 aromatic carbocycles. The van der Waals surface area contributed by atoms with Crippen molar-refractivity contribution in [2.45, 2.75) is 6.54 Å². The number of hydrogen-bond acceptors (Lipinski definition) is 6. The van der Waals surface area contributed by atoms with Crippen LogP contribution in [0.15, 0.2) is 60.7 Å². The minimum Gasteiger partial charge on any atom is -0.508 e. The number of piperazine rings is 1. The number of hydrogen-bond donors (Lipinski definition) is 2. The maximum Gasteiger partial charge on any atom is 0.120 e. The Labute approximate surface area is 188 Å². The number of nitrogens with one attached hydrogen (secondary N) is 1. The normalized spacial score (nSPS) is 15.3. The summed E-state index contributed by atoms with van der Waals surface area (Å²) in [6.07, 6.45) is 0. The van der Waals surface area contributed by atoms with Gasteiger partial charge in [-0.2, -0.15) is 0 Å². The standard InChI is InChI=1S/C26H28N4O2/c1-29-11-13-30(14-12-29)17-18-15-19(7-10-25(18)31)27-26-21-5-3-4-6-23(21)28-24-9-8-20(32-2)16-22(24)26/h3-10,15-16,31H,11-14,17H2,1-2H3,(H,27,28). The molecule has 164 valence electrons. The molecule has 6 heteroatoms. The van der Waals surface area contributed by atoms with E-state index >= 15 is 0 Å². The van der Waals surface area contributed by atoms with Crippen molar-refractivity contribution in [1.29, 1.82) is 0 Å². The topological polar surface area (TPSA) is 60.9 Å². The van der Waals surface area contributed by atoms with Gasteiger partial charge in [0.1, 0.15) is 11.5 Å². The largest absolute Gasteiger partial charge is 0.508 e. The van der Waals surface area contributed by atoms with E-state index in [1.807, 2.05) is 42.5 Å². The summed E-state index contributed by atoms with van der Waals surface area (Å²) in [7, 11) is 3.82. The molecule has 1 aromatic heterocycles. The van der Waals surface area contributed by atoms with Crippen molar-refractivity contribution >= 4 is 33.2 Å². The number of rotatable bonds is 5. The number of phenols is 1. The number of benzene rings is 3. The van der Waals surface area contributed by atoms with E-state index in [0.29, 0.717) is 5.75 Å². The molecule has 0 unspecified atom stereocenters. The molecule has 6 nitrogen and oxygen atoms in total. The van der Waals surface area contributed by atoms with Crippen LogP contribution < -0.4 is 10.1 Å². The zero-order chi connectivity index (χ0) is 22.1. The third-order valence-corrected chi connectivity index (χ3v) is 6.23. The number of aromatic nitrogens is 1. The van der Waals surface area contributed by atoms with Crippen LogP contribution in [-0.4, -0.2) is 60.2 Å². The van der Waals surface area contributed by atoms with Crippen molar-refractivity contribution in [3.8, 4) is 11.5 Å².